The van der Waals surface area contributed by atoms with Gasteiger partial charge in [0.25, 0.3) is 5.91 Å². The number of aromatic nitrogens is 1. The molecule has 0 aliphatic carbocycles. The largest absolute Gasteiger partial charge is 0.383 e. The molecule has 0 unspecified atom stereocenters. The van der Waals surface area contributed by atoms with Crippen molar-refractivity contribution in [2.24, 2.45) is 0 Å². The van der Waals surface area contributed by atoms with Gasteiger partial charge < -0.3 is 11.1 Å². The molecule has 0 spiro atoms. The van der Waals surface area contributed by atoms with E-state index in [2.05, 4.69) is 26.2 Å². The van der Waals surface area contributed by atoms with Gasteiger partial charge in [0.2, 0.25) is 0 Å². The summed E-state index contributed by atoms with van der Waals surface area (Å²) >= 11 is 4.85. The maximum atomic E-state index is 12.2. The molecule has 0 saturated heterocycles. The number of nitrogens with two attached hydrogens (primary N) is 1. The Morgan fingerprint density at radius 2 is 2.16 bits per heavy atom. The fourth-order valence-electron chi connectivity index (χ4n) is 1.57. The number of thioether (sulfide) groups is 1. The SMILES string of the molecule is CSc1ccccc1NC(=O)c1cc(Br)cnc1N. The topological polar surface area (TPSA) is 68.0 Å². The molecule has 1 amide bonds. The lowest BCUT2D eigenvalue weighted by Gasteiger charge is -2.10. The Kier molecular flexibility index (Phi) is 4.44. The summed E-state index contributed by atoms with van der Waals surface area (Å²) in [7, 11) is 0. The number of benzene rings is 1. The highest BCUT2D eigenvalue weighted by Crippen LogP contribution is 2.25. The van der Waals surface area contributed by atoms with E-state index in [1.54, 1.807) is 24.0 Å². The molecule has 1 aromatic heterocycles. The normalized spacial score (nSPS) is 10.2. The number of halogens is 1. The van der Waals surface area contributed by atoms with Crippen LogP contribution in [0.15, 0.2) is 45.9 Å². The molecule has 1 heterocycles. The smallest absolute Gasteiger partial charge is 0.259 e. The number of anilines is 2. The van der Waals surface area contributed by atoms with E-state index in [0.717, 1.165) is 10.6 Å². The van der Waals surface area contributed by atoms with E-state index in [9.17, 15) is 4.79 Å². The highest BCUT2D eigenvalue weighted by Gasteiger charge is 2.13. The Bertz CT molecular complexity index is 619. The van der Waals surface area contributed by atoms with Gasteiger partial charge >= 0.3 is 0 Å². The van der Waals surface area contributed by atoms with E-state index in [1.807, 2.05) is 30.5 Å². The van der Waals surface area contributed by atoms with Gasteiger partial charge in [-0.15, -0.1) is 11.8 Å². The number of amides is 1. The molecule has 4 nitrogen and oxygen atoms in total. The zero-order valence-corrected chi connectivity index (χ0v) is 12.6. The van der Waals surface area contributed by atoms with E-state index in [4.69, 9.17) is 5.73 Å². The number of rotatable bonds is 3. The van der Waals surface area contributed by atoms with Crippen LogP contribution in [0.1, 0.15) is 10.4 Å². The Hall–Kier alpha value is -1.53. The maximum absolute atomic E-state index is 12.2. The molecule has 0 aliphatic rings. The fraction of sp³-hybridized carbons (Fsp3) is 0.0769. The van der Waals surface area contributed by atoms with Crippen LogP contribution in [0, 0.1) is 0 Å². The lowest BCUT2D eigenvalue weighted by atomic mass is 10.2. The number of nitrogen functional groups attached to an aromatic ring is 1. The van der Waals surface area contributed by atoms with Crippen molar-refractivity contribution in [3.05, 3.63) is 46.6 Å². The summed E-state index contributed by atoms with van der Waals surface area (Å²) in [5.41, 5.74) is 6.83. The van der Waals surface area contributed by atoms with E-state index in [0.29, 0.717) is 10.0 Å². The zero-order chi connectivity index (χ0) is 13.8. The van der Waals surface area contributed by atoms with Crippen molar-refractivity contribution < 1.29 is 4.79 Å². The van der Waals surface area contributed by atoms with Crippen molar-refractivity contribution >= 4 is 45.1 Å². The van der Waals surface area contributed by atoms with Crippen LogP contribution in [0.25, 0.3) is 0 Å². The van der Waals surface area contributed by atoms with Crippen LogP contribution in [0.3, 0.4) is 0 Å². The fourth-order valence-corrected chi connectivity index (χ4v) is 2.45. The van der Waals surface area contributed by atoms with E-state index in [1.165, 1.54) is 0 Å². The molecule has 0 radical (unpaired) electrons. The van der Waals surface area contributed by atoms with Crippen LogP contribution in [0.5, 0.6) is 0 Å². The Morgan fingerprint density at radius 3 is 2.89 bits per heavy atom. The second kappa shape index (κ2) is 6.08. The zero-order valence-electron chi connectivity index (χ0n) is 10.2. The molecule has 98 valence electrons. The summed E-state index contributed by atoms with van der Waals surface area (Å²) in [5, 5.41) is 2.85. The minimum absolute atomic E-state index is 0.210. The quantitative estimate of drug-likeness (QED) is 0.842. The lowest BCUT2D eigenvalue weighted by molar-refractivity contribution is 0.102. The van der Waals surface area contributed by atoms with Crippen LogP contribution in [-0.2, 0) is 0 Å². The van der Waals surface area contributed by atoms with Crippen LogP contribution in [-0.4, -0.2) is 17.1 Å². The summed E-state index contributed by atoms with van der Waals surface area (Å²) in [4.78, 5) is 17.1. The average molecular weight is 338 g/mol. The van der Waals surface area contributed by atoms with Gasteiger partial charge in [-0.25, -0.2) is 4.98 Å². The first-order chi connectivity index (χ1) is 9.11. The number of carbonyl (C=O) groups excluding carboxylic acids is 1. The predicted molar refractivity (Wildman–Crippen MR) is 82.5 cm³/mol. The van der Waals surface area contributed by atoms with Crippen molar-refractivity contribution in [1.82, 2.24) is 4.98 Å². The Labute approximate surface area is 123 Å². The maximum Gasteiger partial charge on any atom is 0.259 e. The minimum atomic E-state index is -0.271. The van der Waals surface area contributed by atoms with Gasteiger partial charge in [0, 0.05) is 15.6 Å². The minimum Gasteiger partial charge on any atom is -0.383 e. The summed E-state index contributed by atoms with van der Waals surface area (Å²) in [6.07, 6.45) is 3.52. The van der Waals surface area contributed by atoms with E-state index in [-0.39, 0.29) is 11.7 Å². The molecular formula is C13H12BrN3OS. The molecule has 0 fully saturated rings. The van der Waals surface area contributed by atoms with Crippen molar-refractivity contribution in [2.45, 2.75) is 4.90 Å². The van der Waals surface area contributed by atoms with Gasteiger partial charge in [-0.2, -0.15) is 0 Å². The van der Waals surface area contributed by atoms with Crippen LogP contribution in [0.2, 0.25) is 0 Å². The lowest BCUT2D eigenvalue weighted by Crippen LogP contribution is -2.15. The standard InChI is InChI=1S/C13H12BrN3OS/c1-19-11-5-3-2-4-10(11)17-13(18)9-6-8(14)7-16-12(9)15/h2-7H,1H3,(H2,15,16)(H,17,18). The third-order valence-corrected chi connectivity index (χ3v) is 3.71. The second-order valence-corrected chi connectivity index (χ2v) is 5.50. The first kappa shape index (κ1) is 13.9. The summed E-state index contributed by atoms with van der Waals surface area (Å²) < 4.78 is 0.713. The van der Waals surface area contributed by atoms with Crippen LogP contribution < -0.4 is 11.1 Å². The van der Waals surface area contributed by atoms with Crippen molar-refractivity contribution in [1.29, 1.82) is 0 Å². The van der Waals surface area contributed by atoms with Crippen molar-refractivity contribution in [2.75, 3.05) is 17.3 Å². The van der Waals surface area contributed by atoms with Gasteiger partial charge in [-0.05, 0) is 40.4 Å². The monoisotopic (exact) mass is 337 g/mol. The van der Waals surface area contributed by atoms with Crippen LogP contribution >= 0.6 is 27.7 Å². The van der Waals surface area contributed by atoms with Gasteiger partial charge in [0.15, 0.2) is 0 Å². The van der Waals surface area contributed by atoms with Gasteiger partial charge in [0.05, 0.1) is 11.3 Å². The molecule has 0 aliphatic heterocycles. The summed E-state index contributed by atoms with van der Waals surface area (Å²) in [5.74, 6) is -0.0601. The molecule has 1 aromatic carbocycles. The van der Waals surface area contributed by atoms with Gasteiger partial charge in [-0.1, -0.05) is 12.1 Å². The van der Waals surface area contributed by atoms with Crippen molar-refractivity contribution in [3.63, 3.8) is 0 Å². The van der Waals surface area contributed by atoms with Crippen molar-refractivity contribution in [3.8, 4) is 0 Å². The molecule has 2 rings (SSSR count). The second-order valence-electron chi connectivity index (χ2n) is 3.74. The molecule has 3 N–H and O–H groups in total. The Balaban J connectivity index is 2.28. The molecule has 0 bridgehead atoms. The number of para-hydroxylation sites is 1. The molecule has 19 heavy (non-hydrogen) atoms. The third kappa shape index (κ3) is 3.27. The number of nitrogens with zero attached hydrogens (tertiary/aromatic N) is 1. The molecule has 0 saturated carbocycles. The molecular weight excluding hydrogens is 326 g/mol. The highest BCUT2D eigenvalue weighted by molar-refractivity contribution is 9.10. The first-order valence-electron chi connectivity index (χ1n) is 5.47. The number of nitrogens with one attached hydrogen (secondary N) is 1. The highest BCUT2D eigenvalue weighted by atomic mass is 79.9. The molecule has 2 aromatic rings. The summed E-state index contributed by atoms with van der Waals surface area (Å²) in [6.45, 7) is 0. The average Bonchev–Trinajstić information content (AvgIpc) is 2.42. The van der Waals surface area contributed by atoms with Gasteiger partial charge in [-0.3, -0.25) is 4.79 Å². The molecule has 6 heteroatoms. The predicted octanol–water partition coefficient (Wildman–Crippen LogP) is 3.40. The number of carbonyl (C=O) groups is 1. The van der Waals surface area contributed by atoms with E-state index >= 15 is 0 Å². The Morgan fingerprint density at radius 1 is 1.42 bits per heavy atom. The number of hydrogen-bond donors (Lipinski definition) is 2. The van der Waals surface area contributed by atoms with E-state index < -0.39 is 0 Å². The first-order valence-corrected chi connectivity index (χ1v) is 7.49. The third-order valence-electron chi connectivity index (χ3n) is 2.48. The molecule has 0 atom stereocenters. The summed E-state index contributed by atoms with van der Waals surface area (Å²) in [6, 6.07) is 9.25. The van der Waals surface area contributed by atoms with Gasteiger partial charge in [0.1, 0.15) is 5.82 Å². The van der Waals surface area contributed by atoms with Crippen LogP contribution in [0.4, 0.5) is 11.5 Å². The number of hydrogen-bond acceptors (Lipinski definition) is 4. The number of pyridine rings is 1.